The summed E-state index contributed by atoms with van der Waals surface area (Å²) in [5, 5.41) is 1.78. The zero-order valence-corrected chi connectivity index (χ0v) is 17.2. The van der Waals surface area contributed by atoms with Crippen LogP contribution in [0, 0.1) is 6.92 Å². The highest BCUT2D eigenvalue weighted by Gasteiger charge is 2.27. The molecule has 0 atom stereocenters. The zero-order chi connectivity index (χ0) is 19.7. The van der Waals surface area contributed by atoms with Gasteiger partial charge < -0.3 is 9.47 Å². The fourth-order valence-electron chi connectivity index (χ4n) is 4.20. The highest BCUT2D eigenvalue weighted by molar-refractivity contribution is 6.31. The predicted octanol–water partition coefficient (Wildman–Crippen LogP) is 4.58. The number of hydrogen-bond donors (Lipinski definition) is 0. The van der Waals surface area contributed by atoms with E-state index in [9.17, 15) is 4.79 Å². The molecule has 0 unspecified atom stereocenters. The molecule has 28 heavy (non-hydrogen) atoms. The van der Waals surface area contributed by atoms with Gasteiger partial charge in [-0.1, -0.05) is 41.9 Å². The van der Waals surface area contributed by atoms with E-state index >= 15 is 0 Å². The standard InChI is InChI=1S/C23H26ClN3O/c1-3-27-21-10-9-19(24)15-20(21)17(2)22(27)23(28)26-13-11-25(12-14-26)16-18-7-5-4-6-8-18/h4-10,15H,3,11-14,16H2,1-2H3. The number of benzene rings is 2. The Bertz CT molecular complexity index is 988. The van der Waals surface area contributed by atoms with Crippen molar-refractivity contribution in [3.05, 3.63) is 70.4 Å². The van der Waals surface area contributed by atoms with Crippen LogP contribution in [-0.2, 0) is 13.1 Å². The number of aryl methyl sites for hydroxylation is 2. The van der Waals surface area contributed by atoms with Crippen molar-refractivity contribution < 1.29 is 4.79 Å². The van der Waals surface area contributed by atoms with Gasteiger partial charge in [0.2, 0.25) is 0 Å². The predicted molar refractivity (Wildman–Crippen MR) is 115 cm³/mol. The van der Waals surface area contributed by atoms with E-state index in [2.05, 4.69) is 40.7 Å². The minimum Gasteiger partial charge on any atom is -0.337 e. The second-order valence-electron chi connectivity index (χ2n) is 7.43. The van der Waals surface area contributed by atoms with E-state index in [1.165, 1.54) is 5.56 Å². The lowest BCUT2D eigenvalue weighted by molar-refractivity contribution is 0.0618. The maximum atomic E-state index is 13.4. The molecule has 1 aliphatic heterocycles. The van der Waals surface area contributed by atoms with Crippen LogP contribution in [0.15, 0.2) is 48.5 Å². The Morgan fingerprint density at radius 2 is 1.75 bits per heavy atom. The number of piperazine rings is 1. The number of aromatic nitrogens is 1. The summed E-state index contributed by atoms with van der Waals surface area (Å²) < 4.78 is 2.12. The van der Waals surface area contributed by atoms with Gasteiger partial charge in [-0.25, -0.2) is 0 Å². The molecule has 4 nitrogen and oxygen atoms in total. The number of carbonyl (C=O) groups excluding carboxylic acids is 1. The van der Waals surface area contributed by atoms with Crippen LogP contribution >= 0.6 is 11.6 Å². The average molecular weight is 396 g/mol. The Labute approximate surface area is 171 Å². The molecule has 2 heterocycles. The fraction of sp³-hybridized carbons (Fsp3) is 0.348. The van der Waals surface area contributed by atoms with Gasteiger partial charge in [-0.3, -0.25) is 9.69 Å². The van der Waals surface area contributed by atoms with E-state index < -0.39 is 0 Å². The van der Waals surface area contributed by atoms with Gasteiger partial charge >= 0.3 is 0 Å². The molecule has 2 aromatic carbocycles. The van der Waals surface area contributed by atoms with Crippen LogP contribution in [0.1, 0.15) is 28.5 Å². The normalized spacial score (nSPS) is 15.3. The molecule has 0 radical (unpaired) electrons. The number of nitrogens with zero attached hydrogens (tertiary/aromatic N) is 3. The summed E-state index contributed by atoms with van der Waals surface area (Å²) >= 11 is 6.20. The molecule has 1 fully saturated rings. The smallest absolute Gasteiger partial charge is 0.270 e. The summed E-state index contributed by atoms with van der Waals surface area (Å²) in [6, 6.07) is 16.4. The number of hydrogen-bond acceptors (Lipinski definition) is 2. The number of halogens is 1. The van der Waals surface area contributed by atoms with E-state index in [4.69, 9.17) is 11.6 Å². The molecule has 5 heteroatoms. The van der Waals surface area contributed by atoms with Crippen LogP contribution in [0.5, 0.6) is 0 Å². The van der Waals surface area contributed by atoms with Crippen LogP contribution in [0.2, 0.25) is 5.02 Å². The quantitative estimate of drug-likeness (QED) is 0.646. The van der Waals surface area contributed by atoms with E-state index in [-0.39, 0.29) is 5.91 Å². The molecule has 0 aliphatic carbocycles. The van der Waals surface area contributed by atoms with Crippen molar-refractivity contribution in [2.24, 2.45) is 0 Å². The van der Waals surface area contributed by atoms with E-state index in [0.29, 0.717) is 5.02 Å². The fourth-order valence-corrected chi connectivity index (χ4v) is 4.37. The van der Waals surface area contributed by atoms with Crippen molar-refractivity contribution in [3.8, 4) is 0 Å². The molecule has 1 aliphatic rings. The Hall–Kier alpha value is -2.30. The second-order valence-corrected chi connectivity index (χ2v) is 7.87. The van der Waals surface area contributed by atoms with Crippen molar-refractivity contribution in [2.45, 2.75) is 26.9 Å². The third kappa shape index (κ3) is 3.54. The van der Waals surface area contributed by atoms with Crippen LogP contribution in [0.4, 0.5) is 0 Å². The Morgan fingerprint density at radius 1 is 1.04 bits per heavy atom. The summed E-state index contributed by atoms with van der Waals surface area (Å²) in [5.74, 6) is 0.131. The number of amides is 1. The molecular weight excluding hydrogens is 370 g/mol. The number of carbonyl (C=O) groups is 1. The minimum absolute atomic E-state index is 0.131. The van der Waals surface area contributed by atoms with Gasteiger partial charge in [0.1, 0.15) is 5.69 Å². The first kappa shape index (κ1) is 19.0. The summed E-state index contributed by atoms with van der Waals surface area (Å²) in [6.45, 7) is 9.15. The van der Waals surface area contributed by atoms with E-state index in [1.807, 2.05) is 36.1 Å². The first-order valence-corrected chi connectivity index (χ1v) is 10.3. The molecule has 1 saturated heterocycles. The Morgan fingerprint density at radius 3 is 2.43 bits per heavy atom. The lowest BCUT2D eigenvalue weighted by atomic mass is 10.1. The monoisotopic (exact) mass is 395 g/mol. The second kappa shape index (κ2) is 7.98. The SMILES string of the molecule is CCn1c(C(=O)N2CCN(Cc3ccccc3)CC2)c(C)c2cc(Cl)ccc21. The first-order chi connectivity index (χ1) is 13.6. The molecule has 3 aromatic rings. The van der Waals surface area contributed by atoms with Crippen LogP contribution < -0.4 is 0 Å². The maximum absolute atomic E-state index is 13.4. The van der Waals surface area contributed by atoms with Crippen molar-refractivity contribution in [1.82, 2.24) is 14.4 Å². The van der Waals surface area contributed by atoms with Crippen molar-refractivity contribution in [2.75, 3.05) is 26.2 Å². The highest BCUT2D eigenvalue weighted by Crippen LogP contribution is 2.29. The highest BCUT2D eigenvalue weighted by atomic mass is 35.5. The van der Waals surface area contributed by atoms with Crippen LogP contribution in [-0.4, -0.2) is 46.5 Å². The van der Waals surface area contributed by atoms with Crippen LogP contribution in [0.25, 0.3) is 10.9 Å². The minimum atomic E-state index is 0.131. The van der Waals surface area contributed by atoms with Gasteiger partial charge in [-0.15, -0.1) is 0 Å². The van der Waals surface area contributed by atoms with Gasteiger partial charge in [0.25, 0.3) is 5.91 Å². The van der Waals surface area contributed by atoms with Gasteiger partial charge in [0.15, 0.2) is 0 Å². The topological polar surface area (TPSA) is 28.5 Å². The third-order valence-corrected chi connectivity index (χ3v) is 5.94. The molecule has 4 rings (SSSR count). The molecule has 1 amide bonds. The summed E-state index contributed by atoms with van der Waals surface area (Å²) in [6.07, 6.45) is 0. The molecule has 146 valence electrons. The Kier molecular flexibility index (Phi) is 5.42. The number of fused-ring (bicyclic) bond motifs is 1. The third-order valence-electron chi connectivity index (χ3n) is 5.71. The lowest BCUT2D eigenvalue weighted by Gasteiger charge is -2.35. The van der Waals surface area contributed by atoms with Crippen molar-refractivity contribution >= 4 is 28.4 Å². The van der Waals surface area contributed by atoms with E-state index in [0.717, 1.165) is 61.4 Å². The largest absolute Gasteiger partial charge is 0.337 e. The van der Waals surface area contributed by atoms with Gasteiger partial charge in [0.05, 0.1) is 0 Å². The molecule has 0 bridgehead atoms. The summed E-state index contributed by atoms with van der Waals surface area (Å²) in [5.41, 5.74) is 4.23. The molecule has 0 spiro atoms. The maximum Gasteiger partial charge on any atom is 0.270 e. The van der Waals surface area contributed by atoms with Gasteiger partial charge in [-0.2, -0.15) is 0 Å². The Balaban J connectivity index is 1.52. The van der Waals surface area contributed by atoms with Gasteiger partial charge in [-0.05, 0) is 43.2 Å². The molecule has 0 saturated carbocycles. The van der Waals surface area contributed by atoms with Crippen molar-refractivity contribution in [1.29, 1.82) is 0 Å². The number of rotatable bonds is 4. The zero-order valence-electron chi connectivity index (χ0n) is 16.5. The lowest BCUT2D eigenvalue weighted by Crippen LogP contribution is -2.48. The molecule has 1 aromatic heterocycles. The van der Waals surface area contributed by atoms with Crippen LogP contribution in [0.3, 0.4) is 0 Å². The molecule has 0 N–H and O–H groups in total. The van der Waals surface area contributed by atoms with E-state index in [1.54, 1.807) is 0 Å². The molecular formula is C23H26ClN3O. The summed E-state index contributed by atoms with van der Waals surface area (Å²) in [4.78, 5) is 17.8. The average Bonchev–Trinajstić information content (AvgIpc) is 3.00. The van der Waals surface area contributed by atoms with Crippen molar-refractivity contribution in [3.63, 3.8) is 0 Å². The van der Waals surface area contributed by atoms with Gasteiger partial charge in [0, 0.05) is 55.2 Å². The first-order valence-electron chi connectivity index (χ1n) is 9.92. The summed E-state index contributed by atoms with van der Waals surface area (Å²) in [7, 11) is 0.